The molecule has 0 radical (unpaired) electrons. The van der Waals surface area contributed by atoms with Crippen molar-refractivity contribution >= 4 is 26.0 Å². The van der Waals surface area contributed by atoms with E-state index in [-0.39, 0.29) is 12.4 Å². The van der Waals surface area contributed by atoms with Crippen molar-refractivity contribution in [1.29, 1.82) is 0 Å². The number of benzene rings is 1. The third-order valence-electron chi connectivity index (χ3n) is 2.73. The lowest BCUT2D eigenvalue weighted by Crippen LogP contribution is -2.13. The van der Waals surface area contributed by atoms with E-state index in [0.29, 0.717) is 21.4 Å². The fourth-order valence-corrected chi connectivity index (χ4v) is 2.72. The number of aromatic nitrogens is 2. The first-order valence-corrected chi connectivity index (χ1v) is 8.12. The Hall–Kier alpha value is -1.25. The Bertz CT molecular complexity index is 726. The Morgan fingerprint density at radius 2 is 1.95 bits per heavy atom. The van der Waals surface area contributed by atoms with E-state index in [1.165, 1.54) is 16.8 Å². The van der Waals surface area contributed by atoms with Crippen molar-refractivity contribution in [2.24, 2.45) is 0 Å². The first-order chi connectivity index (χ1) is 9.28. The molecule has 8 heteroatoms. The minimum atomic E-state index is -4.07. The van der Waals surface area contributed by atoms with Crippen molar-refractivity contribution in [3.63, 3.8) is 0 Å². The predicted molar refractivity (Wildman–Crippen MR) is 76.5 cm³/mol. The number of halogens is 2. The molecular weight excluding hydrogens is 351 g/mol. The molecule has 0 aliphatic heterocycles. The average Bonchev–Trinajstić information content (AvgIpc) is 2.64. The van der Waals surface area contributed by atoms with Gasteiger partial charge in [-0.3, -0.25) is 9.23 Å². The van der Waals surface area contributed by atoms with Crippen LogP contribution in [0.2, 0.25) is 0 Å². The standard InChI is InChI=1S/C12H12BrFN2O3S/c1-8-11(13)12(9-2-4-10(14)5-3-9)16(15-8)6-7-20(17,18)19/h2-5H,6-7H2,1H3,(H,17,18,19). The Morgan fingerprint density at radius 1 is 1.35 bits per heavy atom. The van der Waals surface area contributed by atoms with E-state index in [4.69, 9.17) is 4.55 Å². The highest BCUT2D eigenvalue weighted by atomic mass is 79.9. The molecule has 20 heavy (non-hydrogen) atoms. The van der Waals surface area contributed by atoms with E-state index in [2.05, 4.69) is 21.0 Å². The zero-order valence-electron chi connectivity index (χ0n) is 10.5. The second-order valence-corrected chi connectivity index (χ2v) is 6.63. The molecule has 1 aromatic carbocycles. The Morgan fingerprint density at radius 3 is 2.50 bits per heavy atom. The van der Waals surface area contributed by atoms with Crippen LogP contribution in [0.15, 0.2) is 28.7 Å². The molecule has 0 saturated carbocycles. The van der Waals surface area contributed by atoms with Crippen LogP contribution in [0.4, 0.5) is 4.39 Å². The van der Waals surface area contributed by atoms with Crippen LogP contribution in [0, 0.1) is 12.7 Å². The molecule has 0 aliphatic carbocycles. The highest BCUT2D eigenvalue weighted by molar-refractivity contribution is 9.10. The van der Waals surface area contributed by atoms with Crippen LogP contribution < -0.4 is 0 Å². The zero-order chi connectivity index (χ0) is 14.9. The van der Waals surface area contributed by atoms with Crippen molar-refractivity contribution < 1.29 is 17.4 Å². The largest absolute Gasteiger partial charge is 0.285 e. The molecule has 108 valence electrons. The molecule has 2 aromatic rings. The molecule has 0 unspecified atom stereocenters. The van der Waals surface area contributed by atoms with Gasteiger partial charge in [-0.1, -0.05) is 0 Å². The Balaban J connectivity index is 2.43. The number of rotatable bonds is 4. The number of hydrogen-bond acceptors (Lipinski definition) is 3. The van der Waals surface area contributed by atoms with E-state index >= 15 is 0 Å². The van der Waals surface area contributed by atoms with Crippen molar-refractivity contribution in [3.05, 3.63) is 40.2 Å². The lowest BCUT2D eigenvalue weighted by Gasteiger charge is -2.07. The monoisotopic (exact) mass is 362 g/mol. The second-order valence-electron chi connectivity index (χ2n) is 4.26. The quantitative estimate of drug-likeness (QED) is 0.848. The predicted octanol–water partition coefficient (Wildman–Crippen LogP) is 2.65. The molecule has 0 spiro atoms. The summed E-state index contributed by atoms with van der Waals surface area (Å²) in [5, 5.41) is 4.21. The molecule has 0 saturated heterocycles. The van der Waals surface area contributed by atoms with Crippen LogP contribution in [0.25, 0.3) is 11.3 Å². The van der Waals surface area contributed by atoms with Crippen molar-refractivity contribution in [3.8, 4) is 11.3 Å². The lowest BCUT2D eigenvalue weighted by atomic mass is 10.1. The highest BCUT2D eigenvalue weighted by Gasteiger charge is 2.16. The van der Waals surface area contributed by atoms with E-state index in [9.17, 15) is 12.8 Å². The van der Waals surface area contributed by atoms with Gasteiger partial charge in [-0.05, 0) is 47.1 Å². The maximum absolute atomic E-state index is 13.0. The molecular formula is C12H12BrFN2O3S. The summed E-state index contributed by atoms with van der Waals surface area (Å²) in [5.74, 6) is -0.792. The van der Waals surface area contributed by atoms with Gasteiger partial charge in [0.15, 0.2) is 0 Å². The molecule has 0 aliphatic rings. The van der Waals surface area contributed by atoms with Gasteiger partial charge >= 0.3 is 0 Å². The molecule has 5 nitrogen and oxygen atoms in total. The van der Waals surface area contributed by atoms with Crippen LogP contribution in [0.5, 0.6) is 0 Å². The zero-order valence-corrected chi connectivity index (χ0v) is 12.9. The minimum absolute atomic E-state index is 0.0119. The summed E-state index contributed by atoms with van der Waals surface area (Å²) in [6, 6.07) is 5.80. The van der Waals surface area contributed by atoms with Gasteiger partial charge < -0.3 is 0 Å². The van der Waals surface area contributed by atoms with Crippen molar-refractivity contribution in [1.82, 2.24) is 9.78 Å². The normalized spacial score (nSPS) is 11.8. The number of hydrogen-bond donors (Lipinski definition) is 1. The first kappa shape index (κ1) is 15.1. The van der Waals surface area contributed by atoms with Crippen molar-refractivity contribution in [2.75, 3.05) is 5.75 Å². The van der Waals surface area contributed by atoms with Crippen LogP contribution in [-0.2, 0) is 16.7 Å². The minimum Gasteiger partial charge on any atom is -0.285 e. The maximum atomic E-state index is 13.0. The van der Waals surface area contributed by atoms with Crippen LogP contribution in [0.3, 0.4) is 0 Å². The summed E-state index contributed by atoms with van der Waals surface area (Å²) in [4.78, 5) is 0. The van der Waals surface area contributed by atoms with E-state index < -0.39 is 15.9 Å². The van der Waals surface area contributed by atoms with Crippen LogP contribution in [0.1, 0.15) is 5.69 Å². The molecule has 0 amide bonds. The summed E-state index contributed by atoms with van der Waals surface area (Å²) < 4.78 is 45.7. The van der Waals surface area contributed by atoms with Crippen LogP contribution >= 0.6 is 15.9 Å². The van der Waals surface area contributed by atoms with E-state index in [1.54, 1.807) is 19.1 Å². The molecule has 1 aromatic heterocycles. The lowest BCUT2D eigenvalue weighted by molar-refractivity contribution is 0.476. The van der Waals surface area contributed by atoms with E-state index in [0.717, 1.165) is 0 Å². The smallest absolute Gasteiger partial charge is 0.266 e. The number of nitrogens with zero attached hydrogens (tertiary/aromatic N) is 2. The summed E-state index contributed by atoms with van der Waals surface area (Å²) >= 11 is 3.39. The van der Waals surface area contributed by atoms with Crippen molar-refractivity contribution in [2.45, 2.75) is 13.5 Å². The fraction of sp³-hybridized carbons (Fsp3) is 0.250. The third kappa shape index (κ3) is 3.44. The highest BCUT2D eigenvalue weighted by Crippen LogP contribution is 2.31. The maximum Gasteiger partial charge on any atom is 0.266 e. The summed E-state index contributed by atoms with van der Waals surface area (Å²) in [6.07, 6.45) is 0. The summed E-state index contributed by atoms with van der Waals surface area (Å²) in [6.45, 7) is 1.78. The molecule has 2 rings (SSSR count). The van der Waals surface area contributed by atoms with Gasteiger partial charge in [-0.15, -0.1) is 0 Å². The molecule has 0 atom stereocenters. The Labute approximate surface area is 124 Å². The van der Waals surface area contributed by atoms with Gasteiger partial charge in [0.1, 0.15) is 5.82 Å². The summed E-state index contributed by atoms with van der Waals surface area (Å²) in [7, 11) is -4.07. The fourth-order valence-electron chi connectivity index (χ4n) is 1.81. The molecule has 0 bridgehead atoms. The van der Waals surface area contributed by atoms with Gasteiger partial charge in [-0.25, -0.2) is 4.39 Å². The Kier molecular flexibility index (Phi) is 4.26. The summed E-state index contributed by atoms with van der Waals surface area (Å²) in [5.41, 5.74) is 2.03. The second kappa shape index (κ2) is 5.63. The van der Waals surface area contributed by atoms with Gasteiger partial charge in [0.25, 0.3) is 10.1 Å². The van der Waals surface area contributed by atoms with Gasteiger partial charge in [0, 0.05) is 5.56 Å². The topological polar surface area (TPSA) is 72.2 Å². The van der Waals surface area contributed by atoms with Gasteiger partial charge in [0.2, 0.25) is 0 Å². The van der Waals surface area contributed by atoms with E-state index in [1.807, 2.05) is 0 Å². The molecule has 1 heterocycles. The van der Waals surface area contributed by atoms with Gasteiger partial charge in [0.05, 0.1) is 28.2 Å². The SMILES string of the molecule is Cc1nn(CCS(=O)(=O)O)c(-c2ccc(F)cc2)c1Br. The van der Waals surface area contributed by atoms with Crippen LogP contribution in [-0.4, -0.2) is 28.5 Å². The number of aryl methyl sites for hydroxylation is 2. The average molecular weight is 363 g/mol. The molecule has 1 N–H and O–H groups in total. The third-order valence-corrected chi connectivity index (χ3v) is 4.38. The molecule has 0 fully saturated rings. The van der Waals surface area contributed by atoms with Gasteiger partial charge in [-0.2, -0.15) is 13.5 Å². The first-order valence-electron chi connectivity index (χ1n) is 5.72.